The van der Waals surface area contributed by atoms with Crippen molar-refractivity contribution in [3.63, 3.8) is 0 Å². The quantitative estimate of drug-likeness (QED) is 0.885. The molecule has 3 rings (SSSR count). The van der Waals surface area contributed by atoms with E-state index in [1.807, 2.05) is 0 Å². The Balaban J connectivity index is 1.99. The molecule has 22 heavy (non-hydrogen) atoms. The lowest BCUT2D eigenvalue weighted by Gasteiger charge is -2.15. The molecule has 1 aromatic rings. The monoisotopic (exact) mass is 312 g/mol. The molecular weight excluding hydrogens is 302 g/mol. The lowest BCUT2D eigenvalue weighted by Crippen LogP contribution is -2.31. The molecule has 2 heterocycles. The maximum Gasteiger partial charge on any atom is 0.415 e. The Morgan fingerprint density at radius 1 is 1.41 bits per heavy atom. The summed E-state index contributed by atoms with van der Waals surface area (Å²) in [5.74, 6) is -6.36. The van der Waals surface area contributed by atoms with Gasteiger partial charge in [0.25, 0.3) is 0 Å². The Morgan fingerprint density at radius 3 is 2.68 bits per heavy atom. The number of hydrogen-bond acceptors (Lipinski definition) is 4. The molecule has 0 aromatic heterocycles. The summed E-state index contributed by atoms with van der Waals surface area (Å²) in [4.78, 5) is 35.8. The lowest BCUT2D eigenvalue weighted by atomic mass is 10.1. The van der Waals surface area contributed by atoms with E-state index in [-0.39, 0.29) is 17.9 Å². The van der Waals surface area contributed by atoms with E-state index in [0.717, 1.165) is 15.9 Å². The Labute approximate surface area is 122 Å². The minimum atomic E-state index is -3.68. The average Bonchev–Trinajstić information content (AvgIpc) is 2.93. The first kappa shape index (κ1) is 14.2. The smallest absolute Gasteiger partial charge is 0.415 e. The Bertz CT molecular complexity index is 706. The number of amides is 2. The van der Waals surface area contributed by atoms with Gasteiger partial charge in [0.1, 0.15) is 0 Å². The molecule has 1 N–H and O–H groups in total. The molecule has 2 aliphatic heterocycles. The topological polar surface area (TPSA) is 87.2 Å². The largest absolute Gasteiger partial charge is 0.478 e. The molecule has 7 nitrogen and oxygen atoms in total. The number of cyclic esters (lactones) is 1. The molecular formula is C13H10F2N2O5. The van der Waals surface area contributed by atoms with Gasteiger partial charge >= 0.3 is 23.9 Å². The predicted octanol–water partition coefficient (Wildman–Crippen LogP) is 1.16. The Hall–Kier alpha value is -2.71. The van der Waals surface area contributed by atoms with E-state index in [9.17, 15) is 23.2 Å². The second kappa shape index (κ2) is 4.39. The summed E-state index contributed by atoms with van der Waals surface area (Å²) >= 11 is 0. The van der Waals surface area contributed by atoms with Gasteiger partial charge in [-0.2, -0.15) is 8.78 Å². The first-order chi connectivity index (χ1) is 10.2. The van der Waals surface area contributed by atoms with Crippen molar-refractivity contribution in [2.75, 3.05) is 23.4 Å². The van der Waals surface area contributed by atoms with E-state index < -0.39 is 35.6 Å². The zero-order chi connectivity index (χ0) is 16.2. The highest BCUT2D eigenvalue weighted by molar-refractivity contribution is 6.06. The van der Waals surface area contributed by atoms with Gasteiger partial charge in [0, 0.05) is 12.7 Å². The van der Waals surface area contributed by atoms with Crippen LogP contribution in [0.5, 0.6) is 0 Å². The molecule has 1 atom stereocenters. The van der Waals surface area contributed by atoms with Crippen LogP contribution in [0.3, 0.4) is 0 Å². The number of ether oxygens (including phenoxy) is 1. The van der Waals surface area contributed by atoms with Crippen LogP contribution in [0.25, 0.3) is 0 Å². The van der Waals surface area contributed by atoms with Gasteiger partial charge in [0.15, 0.2) is 0 Å². The van der Waals surface area contributed by atoms with Gasteiger partial charge in [-0.25, -0.2) is 9.59 Å². The Morgan fingerprint density at radius 2 is 2.09 bits per heavy atom. The molecule has 0 spiro atoms. The van der Waals surface area contributed by atoms with E-state index >= 15 is 0 Å². The molecule has 2 amide bonds. The van der Waals surface area contributed by atoms with E-state index in [2.05, 4.69) is 4.74 Å². The fourth-order valence-corrected chi connectivity index (χ4v) is 2.47. The molecule has 9 heteroatoms. The van der Waals surface area contributed by atoms with Crippen molar-refractivity contribution in [1.82, 2.24) is 0 Å². The number of likely N-dealkylation sites (N-methyl/N-ethyl adjacent to an activating group) is 1. The van der Waals surface area contributed by atoms with Crippen molar-refractivity contribution in [3.05, 3.63) is 23.8 Å². The van der Waals surface area contributed by atoms with E-state index in [0.29, 0.717) is 0 Å². The van der Waals surface area contributed by atoms with Crippen LogP contribution in [0.15, 0.2) is 18.2 Å². The molecule has 2 aliphatic rings. The number of benzene rings is 1. The van der Waals surface area contributed by atoms with Crippen molar-refractivity contribution in [2.24, 2.45) is 0 Å². The predicted molar refractivity (Wildman–Crippen MR) is 69.0 cm³/mol. The average molecular weight is 312 g/mol. The number of halogens is 2. The van der Waals surface area contributed by atoms with Gasteiger partial charge in [-0.15, -0.1) is 0 Å². The molecule has 1 aromatic carbocycles. The SMILES string of the molecule is CN1C(=O)C(F)(F)c2cc(N3C[C@H](C(=O)O)OC3=O)ccc21. The normalized spacial score (nSPS) is 22.8. The maximum absolute atomic E-state index is 13.9. The summed E-state index contributed by atoms with van der Waals surface area (Å²) in [6.07, 6.45) is -2.29. The number of carboxylic acids is 1. The minimum Gasteiger partial charge on any atom is -0.478 e. The van der Waals surface area contributed by atoms with Crippen molar-refractivity contribution >= 4 is 29.3 Å². The highest BCUT2D eigenvalue weighted by atomic mass is 19.3. The fourth-order valence-electron chi connectivity index (χ4n) is 2.47. The van der Waals surface area contributed by atoms with Gasteiger partial charge in [0.05, 0.1) is 17.8 Å². The fraction of sp³-hybridized carbons (Fsp3) is 0.308. The number of hydrogen-bond donors (Lipinski definition) is 1. The van der Waals surface area contributed by atoms with Crippen LogP contribution < -0.4 is 9.80 Å². The zero-order valence-corrected chi connectivity index (χ0v) is 11.2. The van der Waals surface area contributed by atoms with Gasteiger partial charge in [-0.1, -0.05) is 0 Å². The third-order valence-corrected chi connectivity index (χ3v) is 3.65. The second-order valence-corrected chi connectivity index (χ2v) is 4.96. The number of fused-ring (bicyclic) bond motifs is 1. The van der Waals surface area contributed by atoms with Crippen molar-refractivity contribution in [3.8, 4) is 0 Å². The van der Waals surface area contributed by atoms with Crippen LogP contribution in [0.1, 0.15) is 5.56 Å². The summed E-state index contributed by atoms with van der Waals surface area (Å²) < 4.78 is 32.5. The van der Waals surface area contributed by atoms with Gasteiger partial charge in [-0.05, 0) is 18.2 Å². The molecule has 1 fully saturated rings. The summed E-state index contributed by atoms with van der Waals surface area (Å²) in [5, 5.41) is 8.83. The summed E-state index contributed by atoms with van der Waals surface area (Å²) in [6, 6.07) is 3.64. The number of carboxylic acid groups (broad SMARTS) is 1. The van der Waals surface area contributed by atoms with Crippen molar-refractivity contribution < 1.29 is 33.0 Å². The van der Waals surface area contributed by atoms with E-state index in [4.69, 9.17) is 5.11 Å². The minimum absolute atomic E-state index is 0.0427. The summed E-state index contributed by atoms with van der Waals surface area (Å²) in [6.45, 7) is -0.289. The number of anilines is 2. The third-order valence-electron chi connectivity index (χ3n) is 3.65. The summed E-state index contributed by atoms with van der Waals surface area (Å²) in [7, 11) is 1.23. The number of carbonyl (C=O) groups excluding carboxylic acids is 2. The summed E-state index contributed by atoms with van der Waals surface area (Å²) in [5.41, 5.74) is -0.430. The number of nitrogens with zero attached hydrogens (tertiary/aromatic N) is 2. The highest BCUT2D eigenvalue weighted by Gasteiger charge is 2.52. The van der Waals surface area contributed by atoms with Gasteiger partial charge in [-0.3, -0.25) is 9.69 Å². The van der Waals surface area contributed by atoms with Crippen molar-refractivity contribution in [2.45, 2.75) is 12.0 Å². The number of rotatable bonds is 2. The molecule has 116 valence electrons. The molecule has 0 aliphatic carbocycles. The van der Waals surface area contributed by atoms with E-state index in [1.54, 1.807) is 0 Å². The second-order valence-electron chi connectivity index (χ2n) is 4.96. The Kier molecular flexibility index (Phi) is 2.84. The molecule has 0 bridgehead atoms. The number of carbonyl (C=O) groups is 3. The molecule has 0 unspecified atom stereocenters. The standard InChI is InChI=1S/C13H10F2N2O5/c1-16-8-3-2-6(4-7(8)13(14,15)11(16)20)17-5-9(10(18)19)22-12(17)21/h2-4,9H,5H2,1H3,(H,18,19)/t9-/m1/s1. The third kappa shape index (κ3) is 1.81. The van der Waals surface area contributed by atoms with Crippen LogP contribution in [-0.4, -0.2) is 42.8 Å². The van der Waals surface area contributed by atoms with Crippen LogP contribution >= 0.6 is 0 Å². The molecule has 0 radical (unpaired) electrons. The highest BCUT2D eigenvalue weighted by Crippen LogP contribution is 2.45. The first-order valence-corrected chi connectivity index (χ1v) is 6.25. The van der Waals surface area contributed by atoms with Crippen LogP contribution in [0.2, 0.25) is 0 Å². The number of aliphatic carboxylic acids is 1. The van der Waals surface area contributed by atoms with Crippen LogP contribution in [0, 0.1) is 0 Å². The van der Waals surface area contributed by atoms with Gasteiger partial charge in [0.2, 0.25) is 6.10 Å². The molecule has 0 saturated carbocycles. The van der Waals surface area contributed by atoms with Crippen LogP contribution in [0.4, 0.5) is 25.0 Å². The molecule has 1 saturated heterocycles. The van der Waals surface area contributed by atoms with Gasteiger partial charge < -0.3 is 14.7 Å². The zero-order valence-electron chi connectivity index (χ0n) is 11.2. The lowest BCUT2D eigenvalue weighted by molar-refractivity contribution is -0.144. The maximum atomic E-state index is 13.9. The first-order valence-electron chi connectivity index (χ1n) is 6.25. The van der Waals surface area contributed by atoms with Crippen LogP contribution in [-0.2, 0) is 20.2 Å². The number of alkyl halides is 2. The van der Waals surface area contributed by atoms with E-state index in [1.165, 1.54) is 19.2 Å². The van der Waals surface area contributed by atoms with Crippen molar-refractivity contribution in [1.29, 1.82) is 0 Å².